The first-order valence-electron chi connectivity index (χ1n) is 24.4. The van der Waals surface area contributed by atoms with Gasteiger partial charge in [0.1, 0.15) is 0 Å². The van der Waals surface area contributed by atoms with E-state index >= 15 is 0 Å². The van der Waals surface area contributed by atoms with Gasteiger partial charge in [0, 0.05) is 0 Å². The average Bonchev–Trinajstić information content (AvgIpc) is 3.49. The van der Waals surface area contributed by atoms with Crippen molar-refractivity contribution >= 4 is 64.6 Å². The van der Waals surface area contributed by atoms with E-state index in [0.717, 1.165) is 0 Å². The van der Waals surface area contributed by atoms with E-state index in [1.54, 1.807) is 0 Å². The number of rotatable bonds is 0. The van der Waals surface area contributed by atoms with Crippen molar-refractivity contribution in [2.75, 3.05) is 0 Å². The Morgan fingerprint density at radius 2 is 0.125 bits per heavy atom. The highest BCUT2D eigenvalue weighted by atomic mass is 16.0. The van der Waals surface area contributed by atoms with Crippen molar-refractivity contribution in [3.05, 3.63) is 364 Å². The molecule has 0 aliphatic heterocycles. The average molecular weight is 1190 g/mol. The monoisotopic (exact) mass is 1180 g/mol. The number of hydrogen-bond acceptors (Lipinski definition) is 0. The van der Waals surface area contributed by atoms with E-state index in [9.17, 15) is 0 Å². The maximum absolute atomic E-state index is 2.12. The number of hydrogen-bond donors (Lipinski definition) is 0. The highest BCUT2D eigenvalue weighted by Crippen LogP contribution is 2.15. The first-order valence-corrected chi connectivity index (χ1v) is 24.4. The van der Waals surface area contributed by atoms with Crippen LogP contribution < -0.4 is 0 Å². The molecule has 88 heavy (non-hydrogen) atoms. The molecule has 0 saturated carbocycles. The Morgan fingerprint density at radius 1 is 0.0795 bits per heavy atom. The summed E-state index contributed by atoms with van der Waals surface area (Å²) in [6, 6.07) is 124. The lowest BCUT2D eigenvalue weighted by molar-refractivity contribution is 0.823. The second kappa shape index (κ2) is 60.7. The smallest absolute Gasteiger partial charge is 0.0184 e. The van der Waals surface area contributed by atoms with Gasteiger partial charge in [-0.3, -0.25) is 0 Å². The van der Waals surface area contributed by atoms with Crippen molar-refractivity contribution in [3.63, 3.8) is 0 Å². The van der Waals surface area contributed by atoms with E-state index in [4.69, 9.17) is 0 Å². The topological polar surface area (TPSA) is 63.0 Å². The molecule has 4 N–H and O–H groups in total. The number of fused-ring (bicyclic) bond motifs is 6. The lowest BCUT2D eigenvalue weighted by atomic mass is 10.1. The second-order valence-electron chi connectivity index (χ2n) is 16.4. The molecule has 0 spiro atoms. The van der Waals surface area contributed by atoms with Crippen molar-refractivity contribution in [1.82, 2.24) is 0 Å². The van der Waals surface area contributed by atoms with E-state index < -0.39 is 0 Å². The highest BCUT2D eigenvalue weighted by molar-refractivity contribution is 5.85. The molecule has 0 fully saturated rings. The SMILES string of the molecule is C.C.C.C.C.C.C.C.C.C.C.C.C.C.O.O.c1ccc2ccccc2c1.c1ccc2ccccc2c1.c1ccc2ccccc2c1.c1ccc2ccccc2c1.c1ccc2ccccc2c1.c1ccc2ccccc2c1.c1ccccc1.c1ccccc1. The maximum Gasteiger partial charge on any atom is -0.0184 e. The van der Waals surface area contributed by atoms with Crippen LogP contribution in [0, 0.1) is 0 Å². The fourth-order valence-electron chi connectivity index (χ4n) is 7.57. The molecule has 476 valence electrons. The first-order chi connectivity index (χ1) is 35.8. The van der Waals surface area contributed by atoms with Crippen LogP contribution in [0.5, 0.6) is 0 Å². The normalized spacial score (nSPS) is 7.91. The molecule has 2 nitrogen and oxygen atoms in total. The van der Waals surface area contributed by atoms with E-state index in [2.05, 4.69) is 291 Å². The Hall–Kier alpha value is -9.44. The Balaban J connectivity index is -0.0000000968. The fraction of sp³-hybridized carbons (Fsp3) is 0.163. The van der Waals surface area contributed by atoms with Crippen LogP contribution in [0.15, 0.2) is 364 Å². The van der Waals surface area contributed by atoms with Crippen LogP contribution in [0.1, 0.15) is 104 Å². The zero-order valence-electron chi connectivity index (χ0n) is 41.6. The van der Waals surface area contributed by atoms with E-state index in [1.165, 1.54) is 64.6 Å². The molecule has 0 unspecified atom stereocenters. The van der Waals surface area contributed by atoms with E-state index in [1.807, 2.05) is 72.8 Å². The van der Waals surface area contributed by atoms with Gasteiger partial charge in [-0.15, -0.1) is 0 Å². The van der Waals surface area contributed by atoms with Crippen molar-refractivity contribution in [1.29, 1.82) is 0 Å². The summed E-state index contributed by atoms with van der Waals surface area (Å²) in [4.78, 5) is 0. The fourth-order valence-corrected chi connectivity index (χ4v) is 7.57. The van der Waals surface area contributed by atoms with Crippen LogP contribution in [0.3, 0.4) is 0 Å². The van der Waals surface area contributed by atoms with Gasteiger partial charge in [-0.25, -0.2) is 0 Å². The maximum atomic E-state index is 2.12. The molecule has 14 aromatic carbocycles. The zero-order valence-corrected chi connectivity index (χ0v) is 41.6. The molecule has 0 aliphatic carbocycles. The van der Waals surface area contributed by atoms with Crippen molar-refractivity contribution < 1.29 is 11.0 Å². The first kappa shape index (κ1) is 101. The van der Waals surface area contributed by atoms with Crippen LogP contribution in [-0.4, -0.2) is 11.0 Å². The van der Waals surface area contributed by atoms with Crippen LogP contribution in [0.25, 0.3) is 64.6 Å². The molecule has 0 bridgehead atoms. The molecule has 0 aromatic heterocycles. The lowest BCUT2D eigenvalue weighted by Gasteiger charge is -1.92. The van der Waals surface area contributed by atoms with Gasteiger partial charge in [0.25, 0.3) is 0 Å². The van der Waals surface area contributed by atoms with Gasteiger partial charge in [0.05, 0.1) is 0 Å². The highest BCUT2D eigenvalue weighted by Gasteiger charge is 1.89. The molecule has 14 rings (SSSR count). The van der Waals surface area contributed by atoms with Crippen LogP contribution >= 0.6 is 0 Å². The second-order valence-corrected chi connectivity index (χ2v) is 16.4. The van der Waals surface area contributed by atoms with Crippen LogP contribution in [0.4, 0.5) is 0 Å². The molecule has 0 saturated heterocycles. The van der Waals surface area contributed by atoms with Gasteiger partial charge >= 0.3 is 0 Å². The molecular weight excluding hydrogens is 1060 g/mol. The Labute approximate surface area is 540 Å². The molecule has 0 radical (unpaired) electrons. The van der Waals surface area contributed by atoms with Crippen molar-refractivity contribution in [2.45, 2.75) is 104 Å². The van der Waals surface area contributed by atoms with E-state index in [0.29, 0.717) is 0 Å². The third kappa shape index (κ3) is 35.8. The number of benzene rings is 14. The molecule has 0 atom stereocenters. The summed E-state index contributed by atoms with van der Waals surface area (Å²) in [5.41, 5.74) is 0. The predicted molar refractivity (Wildman–Crippen MR) is 418 cm³/mol. The lowest BCUT2D eigenvalue weighted by Crippen LogP contribution is -1.67. The zero-order chi connectivity index (χ0) is 49.4. The minimum atomic E-state index is 0. The molecule has 0 heterocycles. The minimum Gasteiger partial charge on any atom is -0.412 e. The van der Waals surface area contributed by atoms with Gasteiger partial charge < -0.3 is 11.0 Å². The van der Waals surface area contributed by atoms with Crippen LogP contribution in [-0.2, 0) is 0 Å². The summed E-state index contributed by atoms with van der Waals surface area (Å²) < 4.78 is 0. The third-order valence-electron chi connectivity index (χ3n) is 11.3. The van der Waals surface area contributed by atoms with Crippen LogP contribution in [0.2, 0.25) is 0 Å². The molecule has 0 amide bonds. The quantitative estimate of drug-likeness (QED) is 0.145. The van der Waals surface area contributed by atoms with Crippen molar-refractivity contribution in [3.8, 4) is 0 Å². The van der Waals surface area contributed by atoms with E-state index in [-0.39, 0.29) is 115 Å². The van der Waals surface area contributed by atoms with Crippen molar-refractivity contribution in [2.24, 2.45) is 0 Å². The standard InChI is InChI=1S/6C10H8.2C6H6.14CH4.2H2O/c6*1-2-6-10-8-4-3-7-9(10)5-1;2*1-2-4-6-5-3-1;;;;;;;;;;;;;;;;/h6*1-8H;2*1-6H;14*1H4;2*1H2. The molecule has 0 aliphatic rings. The Bertz CT molecular complexity index is 2640. The summed E-state index contributed by atoms with van der Waals surface area (Å²) in [7, 11) is 0. The third-order valence-corrected chi connectivity index (χ3v) is 11.3. The van der Waals surface area contributed by atoms with Gasteiger partial charge in [0.2, 0.25) is 0 Å². The largest absolute Gasteiger partial charge is 0.412 e. The minimum absolute atomic E-state index is 0. The van der Waals surface area contributed by atoms with Gasteiger partial charge in [-0.1, -0.05) is 468 Å². The predicted octanol–water partition coefficient (Wildman–Crippen LogP) is 27.7. The summed E-state index contributed by atoms with van der Waals surface area (Å²) in [5, 5.41) is 15.7. The molecule has 14 aromatic rings. The Morgan fingerprint density at radius 3 is 0.170 bits per heavy atom. The summed E-state index contributed by atoms with van der Waals surface area (Å²) in [6.07, 6.45) is 0. The molecular formula is C86H120O2. The van der Waals surface area contributed by atoms with Gasteiger partial charge in [-0.05, 0) is 64.6 Å². The summed E-state index contributed by atoms with van der Waals surface area (Å²) in [6.45, 7) is 0. The summed E-state index contributed by atoms with van der Waals surface area (Å²) >= 11 is 0. The summed E-state index contributed by atoms with van der Waals surface area (Å²) in [5.74, 6) is 0. The van der Waals surface area contributed by atoms with Gasteiger partial charge in [0.15, 0.2) is 0 Å². The molecule has 2 heteroatoms. The Kier molecular flexibility index (Phi) is 69.3. The van der Waals surface area contributed by atoms with Gasteiger partial charge in [-0.2, -0.15) is 0 Å².